The summed E-state index contributed by atoms with van der Waals surface area (Å²) in [7, 11) is 0. The maximum Gasteiger partial charge on any atom is 0.223 e. The molecule has 17 heavy (non-hydrogen) atoms. The van der Waals surface area contributed by atoms with E-state index in [9.17, 15) is 0 Å². The highest BCUT2D eigenvalue weighted by Gasteiger charge is 2.09. The summed E-state index contributed by atoms with van der Waals surface area (Å²) in [5, 5.41) is 3.36. The molecule has 0 aliphatic heterocycles. The number of hydrogen-bond acceptors (Lipinski definition) is 4. The van der Waals surface area contributed by atoms with Gasteiger partial charge in [0, 0.05) is 17.4 Å². The summed E-state index contributed by atoms with van der Waals surface area (Å²) in [4.78, 5) is 8.96. The normalized spacial score (nSPS) is 12.8. The minimum absolute atomic E-state index is 0.363. The van der Waals surface area contributed by atoms with Crippen LogP contribution in [0.5, 0.6) is 0 Å². The number of anilines is 1. The maximum absolute atomic E-state index is 5.59. The average Bonchev–Trinajstić information content (AvgIpc) is 2.27. The van der Waals surface area contributed by atoms with Gasteiger partial charge in [0.25, 0.3) is 0 Å². The molecule has 1 rings (SSSR count). The van der Waals surface area contributed by atoms with Crippen molar-refractivity contribution in [3.63, 3.8) is 0 Å². The monoisotopic (exact) mass is 236 g/mol. The molecule has 0 aliphatic rings. The topological polar surface area (TPSA) is 63.8 Å². The lowest BCUT2D eigenvalue weighted by atomic mass is 10.1. The van der Waals surface area contributed by atoms with E-state index in [-0.39, 0.29) is 0 Å². The SMILES string of the molecule is CCC(CCN)Nc1nc(C)cc(C(C)C)n1. The molecule has 1 unspecified atom stereocenters. The lowest BCUT2D eigenvalue weighted by Gasteiger charge is -2.17. The van der Waals surface area contributed by atoms with Crippen molar-refractivity contribution in [2.75, 3.05) is 11.9 Å². The molecule has 96 valence electrons. The van der Waals surface area contributed by atoms with Gasteiger partial charge in [0.2, 0.25) is 5.95 Å². The standard InChI is InChI=1S/C13H24N4/c1-5-11(6-7-14)16-13-15-10(4)8-12(17-13)9(2)3/h8-9,11H,5-7,14H2,1-4H3,(H,15,16,17). The molecule has 0 saturated carbocycles. The van der Waals surface area contributed by atoms with Gasteiger partial charge in [-0.1, -0.05) is 20.8 Å². The number of aromatic nitrogens is 2. The minimum Gasteiger partial charge on any atom is -0.351 e. The molecule has 1 aromatic heterocycles. The predicted molar refractivity (Wildman–Crippen MR) is 72.2 cm³/mol. The van der Waals surface area contributed by atoms with Crippen LogP contribution in [-0.4, -0.2) is 22.6 Å². The molecule has 0 saturated heterocycles. The van der Waals surface area contributed by atoms with E-state index in [4.69, 9.17) is 5.73 Å². The molecule has 1 atom stereocenters. The Bertz CT molecular complexity index is 349. The van der Waals surface area contributed by atoms with Crippen molar-refractivity contribution < 1.29 is 0 Å². The summed E-state index contributed by atoms with van der Waals surface area (Å²) in [6, 6.07) is 2.40. The third kappa shape index (κ3) is 4.30. The van der Waals surface area contributed by atoms with Crippen LogP contribution in [-0.2, 0) is 0 Å². The van der Waals surface area contributed by atoms with Crippen LogP contribution >= 0.6 is 0 Å². The molecule has 0 radical (unpaired) electrons. The van der Waals surface area contributed by atoms with Crippen LogP contribution in [0.1, 0.15) is 50.9 Å². The molecule has 0 bridgehead atoms. The lowest BCUT2D eigenvalue weighted by Crippen LogP contribution is -2.23. The Morgan fingerprint density at radius 1 is 1.35 bits per heavy atom. The number of hydrogen-bond donors (Lipinski definition) is 2. The first-order chi connectivity index (χ1) is 8.06. The Labute approximate surface area is 104 Å². The van der Waals surface area contributed by atoms with E-state index < -0.39 is 0 Å². The number of aryl methyl sites for hydroxylation is 1. The smallest absolute Gasteiger partial charge is 0.223 e. The second-order valence-electron chi connectivity index (χ2n) is 4.74. The lowest BCUT2D eigenvalue weighted by molar-refractivity contribution is 0.634. The Balaban J connectivity index is 2.82. The second kappa shape index (κ2) is 6.55. The largest absolute Gasteiger partial charge is 0.351 e. The van der Waals surface area contributed by atoms with Crippen molar-refractivity contribution in [1.82, 2.24) is 9.97 Å². The average molecular weight is 236 g/mol. The molecule has 0 amide bonds. The third-order valence-corrected chi connectivity index (χ3v) is 2.81. The molecule has 3 N–H and O–H groups in total. The molecular formula is C13H24N4. The van der Waals surface area contributed by atoms with Crippen LogP contribution in [0.25, 0.3) is 0 Å². The molecule has 4 heteroatoms. The fourth-order valence-corrected chi connectivity index (χ4v) is 1.72. The molecule has 1 aromatic rings. The Kier molecular flexibility index (Phi) is 5.35. The van der Waals surface area contributed by atoms with Gasteiger partial charge >= 0.3 is 0 Å². The highest BCUT2D eigenvalue weighted by atomic mass is 15.1. The number of rotatable bonds is 6. The molecule has 0 aliphatic carbocycles. The second-order valence-corrected chi connectivity index (χ2v) is 4.74. The zero-order valence-electron chi connectivity index (χ0n) is 11.3. The Hall–Kier alpha value is -1.16. The first-order valence-corrected chi connectivity index (χ1v) is 6.39. The highest BCUT2D eigenvalue weighted by Crippen LogP contribution is 2.15. The molecule has 1 heterocycles. The van der Waals surface area contributed by atoms with Crippen molar-refractivity contribution in [1.29, 1.82) is 0 Å². The van der Waals surface area contributed by atoms with E-state index in [1.54, 1.807) is 0 Å². The Morgan fingerprint density at radius 2 is 2.06 bits per heavy atom. The van der Waals surface area contributed by atoms with Gasteiger partial charge in [-0.25, -0.2) is 9.97 Å². The first kappa shape index (κ1) is 13.9. The van der Waals surface area contributed by atoms with Crippen LogP contribution in [0.15, 0.2) is 6.07 Å². The fraction of sp³-hybridized carbons (Fsp3) is 0.692. The highest BCUT2D eigenvalue weighted by molar-refractivity contribution is 5.30. The van der Waals surface area contributed by atoms with E-state index in [1.165, 1.54) is 0 Å². The summed E-state index contributed by atoms with van der Waals surface area (Å²) in [5.74, 6) is 1.15. The quantitative estimate of drug-likeness (QED) is 0.796. The van der Waals surface area contributed by atoms with Crippen molar-refractivity contribution in [3.8, 4) is 0 Å². The summed E-state index contributed by atoms with van der Waals surface area (Å²) in [6.45, 7) is 9.12. The van der Waals surface area contributed by atoms with Crippen LogP contribution in [0.3, 0.4) is 0 Å². The summed E-state index contributed by atoms with van der Waals surface area (Å²) >= 11 is 0. The van der Waals surface area contributed by atoms with Gasteiger partial charge in [-0.2, -0.15) is 0 Å². The molecule has 4 nitrogen and oxygen atoms in total. The van der Waals surface area contributed by atoms with E-state index in [0.29, 0.717) is 18.5 Å². The molecule has 0 spiro atoms. The van der Waals surface area contributed by atoms with Gasteiger partial charge in [-0.15, -0.1) is 0 Å². The van der Waals surface area contributed by atoms with Gasteiger partial charge in [0.15, 0.2) is 0 Å². The van der Waals surface area contributed by atoms with Crippen LogP contribution in [0, 0.1) is 6.92 Å². The summed E-state index contributed by atoms with van der Waals surface area (Å²) in [5.41, 5.74) is 7.68. The summed E-state index contributed by atoms with van der Waals surface area (Å²) < 4.78 is 0. The van der Waals surface area contributed by atoms with Crippen molar-refractivity contribution >= 4 is 5.95 Å². The van der Waals surface area contributed by atoms with Gasteiger partial charge < -0.3 is 11.1 Å². The van der Waals surface area contributed by atoms with E-state index >= 15 is 0 Å². The van der Waals surface area contributed by atoms with E-state index in [0.717, 1.165) is 30.2 Å². The van der Waals surface area contributed by atoms with Crippen LogP contribution < -0.4 is 11.1 Å². The number of nitrogens with zero attached hydrogens (tertiary/aromatic N) is 2. The number of nitrogens with one attached hydrogen (secondary N) is 1. The molecule has 0 aromatic carbocycles. The zero-order valence-corrected chi connectivity index (χ0v) is 11.3. The molecule has 0 fully saturated rings. The minimum atomic E-state index is 0.363. The molecular weight excluding hydrogens is 212 g/mol. The van der Waals surface area contributed by atoms with E-state index in [1.807, 2.05) is 13.0 Å². The van der Waals surface area contributed by atoms with E-state index in [2.05, 4.69) is 36.1 Å². The van der Waals surface area contributed by atoms with Gasteiger partial charge in [-0.05, 0) is 38.3 Å². The predicted octanol–water partition coefficient (Wildman–Crippen LogP) is 2.45. The summed E-state index contributed by atoms with van der Waals surface area (Å²) in [6.07, 6.45) is 1.98. The van der Waals surface area contributed by atoms with Crippen LogP contribution in [0.2, 0.25) is 0 Å². The van der Waals surface area contributed by atoms with Gasteiger partial charge in [0.05, 0.1) is 0 Å². The zero-order chi connectivity index (χ0) is 12.8. The van der Waals surface area contributed by atoms with Crippen molar-refractivity contribution in [3.05, 3.63) is 17.5 Å². The van der Waals surface area contributed by atoms with Crippen molar-refractivity contribution in [2.24, 2.45) is 5.73 Å². The van der Waals surface area contributed by atoms with Gasteiger partial charge in [0.1, 0.15) is 0 Å². The Morgan fingerprint density at radius 3 is 2.59 bits per heavy atom. The van der Waals surface area contributed by atoms with Gasteiger partial charge in [-0.3, -0.25) is 0 Å². The number of nitrogens with two attached hydrogens (primary N) is 1. The maximum atomic E-state index is 5.59. The third-order valence-electron chi connectivity index (χ3n) is 2.81. The fourth-order valence-electron chi connectivity index (χ4n) is 1.72. The first-order valence-electron chi connectivity index (χ1n) is 6.39. The van der Waals surface area contributed by atoms with Crippen LogP contribution in [0.4, 0.5) is 5.95 Å². The van der Waals surface area contributed by atoms with Crippen molar-refractivity contribution in [2.45, 2.75) is 52.5 Å².